The van der Waals surface area contributed by atoms with Crippen LogP contribution in [0.25, 0.3) is 0 Å². The molecule has 0 aliphatic rings. The molecule has 10 nitrogen and oxygen atoms in total. The summed E-state index contributed by atoms with van der Waals surface area (Å²) in [4.78, 5) is 39.5. The Balaban J connectivity index is 1.43. The molecule has 4 amide bonds. The molecule has 0 atom stereocenters. The van der Waals surface area contributed by atoms with Gasteiger partial charge in [0.05, 0.1) is 22.8 Å². The second kappa shape index (κ2) is 15.6. The summed E-state index contributed by atoms with van der Waals surface area (Å²) < 4.78 is 44.9. The van der Waals surface area contributed by atoms with Gasteiger partial charge in [-0.05, 0) is 61.4 Å². The second-order valence-corrected chi connectivity index (χ2v) is 9.51. The van der Waals surface area contributed by atoms with Gasteiger partial charge in [-0.1, -0.05) is 24.4 Å². The summed E-state index contributed by atoms with van der Waals surface area (Å²) in [5.41, 5.74) is 1.41. The zero-order valence-corrected chi connectivity index (χ0v) is 23.0. The number of hydroxylamine groups is 1. The molecule has 0 aliphatic heterocycles. The average molecular weight is 608 g/mol. The summed E-state index contributed by atoms with van der Waals surface area (Å²) in [5, 5.41) is 15.6. The Morgan fingerprint density at radius 2 is 1.48 bits per heavy atom. The Labute approximate surface area is 244 Å². The van der Waals surface area contributed by atoms with Crippen molar-refractivity contribution in [2.24, 2.45) is 0 Å². The van der Waals surface area contributed by atoms with Crippen molar-refractivity contribution in [1.82, 2.24) is 15.8 Å². The van der Waals surface area contributed by atoms with Crippen LogP contribution >= 0.6 is 11.6 Å². The highest BCUT2D eigenvalue weighted by molar-refractivity contribution is 6.31. The number of hydrogen-bond acceptors (Lipinski definition) is 6. The molecular formula is C28H29ClF3N5O5. The van der Waals surface area contributed by atoms with Crippen LogP contribution < -0.4 is 26.2 Å². The Morgan fingerprint density at radius 3 is 2.14 bits per heavy atom. The van der Waals surface area contributed by atoms with Gasteiger partial charge in [0, 0.05) is 36.5 Å². The maximum atomic E-state index is 13.0. The molecule has 14 heteroatoms. The van der Waals surface area contributed by atoms with Gasteiger partial charge in [-0.15, -0.1) is 0 Å². The number of pyridine rings is 1. The maximum Gasteiger partial charge on any atom is 0.417 e. The van der Waals surface area contributed by atoms with E-state index in [1.807, 2.05) is 0 Å². The highest BCUT2D eigenvalue weighted by Gasteiger charge is 2.33. The average Bonchev–Trinajstić information content (AvgIpc) is 2.95. The van der Waals surface area contributed by atoms with E-state index in [2.05, 4.69) is 20.9 Å². The molecule has 3 rings (SSSR count). The van der Waals surface area contributed by atoms with Crippen molar-refractivity contribution in [3.05, 3.63) is 77.1 Å². The number of carbonyl (C=O) groups excluding carboxylic acids is 3. The van der Waals surface area contributed by atoms with Crippen molar-refractivity contribution in [2.45, 2.75) is 51.2 Å². The van der Waals surface area contributed by atoms with Crippen LogP contribution in [0.3, 0.4) is 0 Å². The van der Waals surface area contributed by atoms with E-state index in [0.717, 1.165) is 25.0 Å². The third-order valence-corrected chi connectivity index (χ3v) is 6.14. The van der Waals surface area contributed by atoms with E-state index in [4.69, 9.17) is 21.5 Å². The summed E-state index contributed by atoms with van der Waals surface area (Å²) in [6.07, 6.45) is 0.354. The Morgan fingerprint density at radius 1 is 0.833 bits per heavy atom. The summed E-state index contributed by atoms with van der Waals surface area (Å²) in [6, 6.07) is 11.9. The Kier molecular flexibility index (Phi) is 11.9. The van der Waals surface area contributed by atoms with Gasteiger partial charge in [0.15, 0.2) is 0 Å². The molecule has 0 bridgehead atoms. The quantitative estimate of drug-likeness (QED) is 0.0836. The van der Waals surface area contributed by atoms with Crippen LogP contribution in [-0.4, -0.2) is 28.0 Å². The van der Waals surface area contributed by atoms with E-state index in [0.29, 0.717) is 42.1 Å². The first kappa shape index (κ1) is 32.2. The summed E-state index contributed by atoms with van der Waals surface area (Å²) >= 11 is 5.60. The SMILES string of the molecule is O=C(CCCCCCC(=O)NCc1cc(Oc2ccc(NC(=O)Nc3ccc(Cl)c(C(F)(F)F)c3)cc2)ccn1)NO. The van der Waals surface area contributed by atoms with E-state index in [1.165, 1.54) is 6.07 Å². The van der Waals surface area contributed by atoms with E-state index >= 15 is 0 Å². The number of ether oxygens (including phenoxy) is 1. The third-order valence-electron chi connectivity index (χ3n) is 5.81. The van der Waals surface area contributed by atoms with Crippen molar-refractivity contribution in [3.8, 4) is 11.5 Å². The summed E-state index contributed by atoms with van der Waals surface area (Å²) in [7, 11) is 0. The van der Waals surface area contributed by atoms with Gasteiger partial charge in [-0.25, -0.2) is 10.3 Å². The fourth-order valence-corrected chi connectivity index (χ4v) is 3.96. The number of urea groups is 1. The number of aromatic nitrogens is 1. The molecular weight excluding hydrogens is 579 g/mol. The number of amides is 4. The monoisotopic (exact) mass is 607 g/mol. The molecule has 0 spiro atoms. The molecule has 3 aromatic rings. The van der Waals surface area contributed by atoms with Crippen molar-refractivity contribution in [2.75, 3.05) is 10.6 Å². The van der Waals surface area contributed by atoms with E-state index in [-0.39, 0.29) is 24.6 Å². The van der Waals surface area contributed by atoms with Crippen molar-refractivity contribution in [3.63, 3.8) is 0 Å². The van der Waals surface area contributed by atoms with Gasteiger partial charge in [-0.2, -0.15) is 13.2 Å². The first-order valence-electron chi connectivity index (χ1n) is 12.9. The predicted molar refractivity (Wildman–Crippen MR) is 149 cm³/mol. The van der Waals surface area contributed by atoms with E-state index in [9.17, 15) is 27.6 Å². The van der Waals surface area contributed by atoms with Crippen LogP contribution in [-0.2, 0) is 22.3 Å². The third kappa shape index (κ3) is 10.9. The fourth-order valence-electron chi connectivity index (χ4n) is 3.73. The molecule has 0 aliphatic carbocycles. The largest absolute Gasteiger partial charge is 0.457 e. The van der Waals surface area contributed by atoms with Gasteiger partial charge in [0.1, 0.15) is 11.5 Å². The Hall–Kier alpha value is -4.36. The molecule has 0 fully saturated rings. The number of nitrogens with one attached hydrogen (secondary N) is 4. The lowest BCUT2D eigenvalue weighted by atomic mass is 10.1. The van der Waals surface area contributed by atoms with Gasteiger partial charge >= 0.3 is 12.2 Å². The Bertz CT molecular complexity index is 1370. The molecule has 1 aromatic heterocycles. The predicted octanol–water partition coefficient (Wildman–Crippen LogP) is 6.65. The normalized spacial score (nSPS) is 11.0. The van der Waals surface area contributed by atoms with Crippen LogP contribution in [0.5, 0.6) is 11.5 Å². The molecule has 0 unspecified atom stereocenters. The maximum absolute atomic E-state index is 13.0. The minimum Gasteiger partial charge on any atom is -0.457 e. The standard InChI is InChI=1S/C28H29ClF3N5O5/c29-24-12-9-19(16-23(24)28(30,31)32)36-27(40)35-18-7-10-21(11-8-18)42-22-13-14-33-20(15-22)17-34-25(38)5-3-1-2-4-6-26(39)37-41/h7-16,41H,1-6,17H2,(H,34,38)(H,37,39)(H2,35,36,40). The van der Waals surface area contributed by atoms with Crippen molar-refractivity contribution < 1.29 is 37.5 Å². The van der Waals surface area contributed by atoms with Gasteiger partial charge < -0.3 is 20.7 Å². The zero-order valence-electron chi connectivity index (χ0n) is 22.3. The lowest BCUT2D eigenvalue weighted by Gasteiger charge is -2.13. The zero-order chi connectivity index (χ0) is 30.5. The molecule has 0 saturated heterocycles. The number of halogens is 4. The molecule has 42 heavy (non-hydrogen) atoms. The summed E-state index contributed by atoms with van der Waals surface area (Å²) in [5.74, 6) is 0.376. The summed E-state index contributed by atoms with van der Waals surface area (Å²) in [6.45, 7) is 0.211. The van der Waals surface area contributed by atoms with Crippen LogP contribution in [0.2, 0.25) is 5.02 Å². The molecule has 0 saturated carbocycles. The molecule has 2 aromatic carbocycles. The molecule has 224 valence electrons. The smallest absolute Gasteiger partial charge is 0.417 e. The van der Waals surface area contributed by atoms with Crippen LogP contribution in [0, 0.1) is 0 Å². The molecule has 5 N–H and O–H groups in total. The van der Waals surface area contributed by atoms with Gasteiger partial charge in [0.2, 0.25) is 11.8 Å². The minimum absolute atomic E-state index is 0.0733. The second-order valence-electron chi connectivity index (χ2n) is 9.11. The first-order valence-corrected chi connectivity index (χ1v) is 13.3. The van der Waals surface area contributed by atoms with Crippen molar-refractivity contribution in [1.29, 1.82) is 0 Å². The van der Waals surface area contributed by atoms with Gasteiger partial charge in [0.25, 0.3) is 0 Å². The van der Waals surface area contributed by atoms with Crippen LogP contribution in [0.1, 0.15) is 49.8 Å². The van der Waals surface area contributed by atoms with Crippen LogP contribution in [0.15, 0.2) is 60.8 Å². The minimum atomic E-state index is -4.66. The number of carbonyl (C=O) groups is 3. The number of alkyl halides is 3. The number of rotatable bonds is 13. The first-order chi connectivity index (χ1) is 20.0. The van der Waals surface area contributed by atoms with E-state index in [1.54, 1.807) is 48.1 Å². The highest BCUT2D eigenvalue weighted by atomic mass is 35.5. The number of anilines is 2. The number of nitrogens with zero attached hydrogens (tertiary/aromatic N) is 1. The fraction of sp³-hybridized carbons (Fsp3) is 0.286. The highest BCUT2D eigenvalue weighted by Crippen LogP contribution is 2.36. The van der Waals surface area contributed by atoms with Crippen molar-refractivity contribution >= 4 is 40.8 Å². The molecule has 0 radical (unpaired) electrons. The number of benzene rings is 2. The number of hydrogen-bond donors (Lipinski definition) is 5. The van der Waals surface area contributed by atoms with Gasteiger partial charge in [-0.3, -0.25) is 19.8 Å². The lowest BCUT2D eigenvalue weighted by molar-refractivity contribution is -0.137. The lowest BCUT2D eigenvalue weighted by Crippen LogP contribution is -2.22. The number of unbranched alkanes of at least 4 members (excludes halogenated alkanes) is 3. The van der Waals surface area contributed by atoms with E-state index < -0.39 is 28.7 Å². The topological polar surface area (TPSA) is 142 Å². The van der Waals surface area contributed by atoms with Crippen LogP contribution in [0.4, 0.5) is 29.3 Å². The molecule has 1 heterocycles.